The monoisotopic (exact) mass is 528 g/mol. The van der Waals surface area contributed by atoms with Gasteiger partial charge in [0, 0.05) is 0 Å². The molecule has 0 aliphatic carbocycles. The molecule has 3 rings (SSSR count). The van der Waals surface area contributed by atoms with Crippen LogP contribution in [0.25, 0.3) is 0 Å². The van der Waals surface area contributed by atoms with Gasteiger partial charge in [0.2, 0.25) is 0 Å². The molecule has 1 aliphatic rings. The normalized spacial score (nSPS) is 24.0. The fourth-order valence-electron chi connectivity index (χ4n) is 3.75. The molecule has 0 radical (unpaired) electrons. The van der Waals surface area contributed by atoms with E-state index in [4.69, 9.17) is 23.7 Å². The van der Waals surface area contributed by atoms with Gasteiger partial charge >= 0.3 is 11.9 Å². The fraction of sp³-hybridized carbons (Fsp3) is 0.533. The Hall–Kier alpha value is -2.78. The van der Waals surface area contributed by atoms with Gasteiger partial charge in [0.1, 0.15) is 24.9 Å². The number of aliphatic hydroxyl groups is 1. The number of ether oxygens (including phenoxy) is 5. The van der Waals surface area contributed by atoms with Crippen LogP contribution in [0.2, 0.25) is 0 Å². The minimum atomic E-state index is -1.45. The predicted octanol–water partition coefficient (Wildman–Crippen LogP) is 4.42. The summed E-state index contributed by atoms with van der Waals surface area (Å²) in [6.07, 6.45) is -5.33. The Labute approximate surface area is 225 Å². The van der Waals surface area contributed by atoms with Crippen LogP contribution >= 0.6 is 0 Å². The minimum absolute atomic E-state index is 0.157. The van der Waals surface area contributed by atoms with Crippen molar-refractivity contribution in [3.8, 4) is 0 Å². The van der Waals surface area contributed by atoms with E-state index >= 15 is 0 Å². The standard InChI is InChI=1S/C30H40O8/c1-29(2,3)27(32)36-19-22-23(34-17-20-13-9-7-10-14-20)24(38-28(33)30(4,5)6)25(26(31)37-22)35-18-21-15-11-8-12-16-21/h7-16,22-26,31H,17-19H2,1-6H3/t22-,23-,24+,25+,26+/m1/s1. The van der Waals surface area contributed by atoms with Crippen molar-refractivity contribution < 1.29 is 38.4 Å². The molecule has 0 amide bonds. The van der Waals surface area contributed by atoms with E-state index in [2.05, 4.69) is 0 Å². The van der Waals surface area contributed by atoms with Crippen molar-refractivity contribution in [2.75, 3.05) is 6.61 Å². The summed E-state index contributed by atoms with van der Waals surface area (Å²) in [6.45, 7) is 10.6. The van der Waals surface area contributed by atoms with Gasteiger partial charge in [-0.2, -0.15) is 0 Å². The highest BCUT2D eigenvalue weighted by Crippen LogP contribution is 2.31. The lowest BCUT2D eigenvalue weighted by Crippen LogP contribution is -2.62. The van der Waals surface area contributed by atoms with Crippen LogP contribution in [0.3, 0.4) is 0 Å². The number of carbonyl (C=O) groups is 2. The molecule has 0 spiro atoms. The summed E-state index contributed by atoms with van der Waals surface area (Å²) in [6, 6.07) is 19.0. The average Bonchev–Trinajstić information content (AvgIpc) is 2.86. The third kappa shape index (κ3) is 8.36. The third-order valence-corrected chi connectivity index (χ3v) is 6.03. The van der Waals surface area contributed by atoms with Gasteiger partial charge in [0.25, 0.3) is 0 Å². The smallest absolute Gasteiger partial charge is 0.311 e. The quantitative estimate of drug-likeness (QED) is 0.478. The van der Waals surface area contributed by atoms with Crippen molar-refractivity contribution in [2.24, 2.45) is 10.8 Å². The lowest BCUT2D eigenvalue weighted by molar-refractivity contribution is -0.310. The Bertz CT molecular complexity index is 1030. The molecule has 0 aromatic heterocycles. The molecular weight excluding hydrogens is 488 g/mol. The number of hydrogen-bond donors (Lipinski definition) is 1. The molecule has 8 nitrogen and oxygen atoms in total. The van der Waals surface area contributed by atoms with E-state index in [1.54, 1.807) is 41.5 Å². The Morgan fingerprint density at radius 2 is 1.21 bits per heavy atom. The van der Waals surface area contributed by atoms with Gasteiger partial charge < -0.3 is 28.8 Å². The number of carbonyl (C=O) groups excluding carboxylic acids is 2. The molecule has 0 bridgehead atoms. The molecule has 208 valence electrons. The maximum atomic E-state index is 13.0. The highest BCUT2D eigenvalue weighted by Gasteiger charge is 2.50. The first kappa shape index (κ1) is 29.8. The lowest BCUT2D eigenvalue weighted by atomic mass is 9.94. The number of aliphatic hydroxyl groups excluding tert-OH is 1. The highest BCUT2D eigenvalue weighted by atomic mass is 16.7. The van der Waals surface area contributed by atoms with Crippen molar-refractivity contribution >= 4 is 11.9 Å². The van der Waals surface area contributed by atoms with E-state index in [1.165, 1.54) is 0 Å². The first-order chi connectivity index (χ1) is 17.9. The van der Waals surface area contributed by atoms with E-state index in [-0.39, 0.29) is 19.8 Å². The second-order valence-corrected chi connectivity index (χ2v) is 11.6. The average molecular weight is 529 g/mol. The van der Waals surface area contributed by atoms with E-state index in [0.29, 0.717) is 0 Å². The zero-order valence-electron chi connectivity index (χ0n) is 23.1. The van der Waals surface area contributed by atoms with E-state index in [1.807, 2.05) is 60.7 Å². The zero-order valence-corrected chi connectivity index (χ0v) is 23.1. The summed E-state index contributed by atoms with van der Waals surface area (Å²) >= 11 is 0. The Balaban J connectivity index is 1.90. The van der Waals surface area contributed by atoms with E-state index in [9.17, 15) is 14.7 Å². The maximum Gasteiger partial charge on any atom is 0.311 e. The Kier molecular flexibility index (Phi) is 10.1. The van der Waals surface area contributed by atoms with E-state index < -0.39 is 53.5 Å². The Morgan fingerprint density at radius 3 is 1.68 bits per heavy atom. The molecule has 5 atom stereocenters. The summed E-state index contributed by atoms with van der Waals surface area (Å²) in [5.74, 6) is -0.910. The molecule has 2 aromatic rings. The number of benzene rings is 2. The van der Waals surface area contributed by atoms with Gasteiger partial charge in [0.15, 0.2) is 12.4 Å². The molecule has 1 saturated heterocycles. The van der Waals surface area contributed by atoms with Crippen molar-refractivity contribution in [2.45, 2.75) is 85.5 Å². The first-order valence-corrected chi connectivity index (χ1v) is 12.9. The molecule has 1 aliphatic heterocycles. The summed E-state index contributed by atoms with van der Waals surface area (Å²) in [5, 5.41) is 11.0. The van der Waals surface area contributed by atoms with Crippen LogP contribution in [0.15, 0.2) is 60.7 Å². The maximum absolute atomic E-state index is 13.0. The molecule has 2 aromatic carbocycles. The van der Waals surface area contributed by atoms with Gasteiger partial charge in [0.05, 0.1) is 24.0 Å². The molecule has 0 unspecified atom stereocenters. The Morgan fingerprint density at radius 1 is 0.737 bits per heavy atom. The van der Waals surface area contributed by atoms with Crippen LogP contribution in [0.5, 0.6) is 0 Å². The predicted molar refractivity (Wildman–Crippen MR) is 141 cm³/mol. The molecule has 8 heteroatoms. The molecular formula is C30H40O8. The number of hydrogen-bond acceptors (Lipinski definition) is 8. The van der Waals surface area contributed by atoms with Crippen LogP contribution in [-0.2, 0) is 46.5 Å². The molecule has 1 N–H and O–H groups in total. The second kappa shape index (κ2) is 12.8. The van der Waals surface area contributed by atoms with Gasteiger partial charge in [-0.1, -0.05) is 60.7 Å². The first-order valence-electron chi connectivity index (χ1n) is 12.9. The van der Waals surface area contributed by atoms with Gasteiger partial charge in [-0.3, -0.25) is 9.59 Å². The largest absolute Gasteiger partial charge is 0.462 e. The zero-order chi connectivity index (χ0) is 27.9. The van der Waals surface area contributed by atoms with Crippen molar-refractivity contribution in [1.29, 1.82) is 0 Å². The van der Waals surface area contributed by atoms with Gasteiger partial charge in [-0.05, 0) is 52.7 Å². The lowest BCUT2D eigenvalue weighted by Gasteiger charge is -2.44. The molecule has 1 fully saturated rings. The van der Waals surface area contributed by atoms with Crippen LogP contribution in [0.1, 0.15) is 52.7 Å². The second-order valence-electron chi connectivity index (χ2n) is 11.6. The van der Waals surface area contributed by atoms with Crippen LogP contribution in [-0.4, -0.2) is 54.4 Å². The summed E-state index contributed by atoms with van der Waals surface area (Å²) in [7, 11) is 0. The topological polar surface area (TPSA) is 101 Å². The van der Waals surface area contributed by atoms with E-state index in [0.717, 1.165) is 11.1 Å². The summed E-state index contributed by atoms with van der Waals surface area (Å²) in [4.78, 5) is 25.5. The summed E-state index contributed by atoms with van der Waals surface area (Å²) in [5.41, 5.74) is 0.230. The van der Waals surface area contributed by atoms with Crippen LogP contribution in [0, 0.1) is 10.8 Å². The SMILES string of the molecule is CC(C)(C)C(=O)OC[C@H]1O[C@H](O)[C@@H](OCc2ccccc2)[C@@H](OC(=O)C(C)(C)C)[C@@H]1OCc1ccccc1. The van der Waals surface area contributed by atoms with Gasteiger partial charge in [-0.15, -0.1) is 0 Å². The van der Waals surface area contributed by atoms with Crippen LogP contribution < -0.4 is 0 Å². The van der Waals surface area contributed by atoms with Crippen molar-refractivity contribution in [3.05, 3.63) is 71.8 Å². The molecule has 38 heavy (non-hydrogen) atoms. The van der Waals surface area contributed by atoms with Crippen molar-refractivity contribution in [1.82, 2.24) is 0 Å². The molecule has 1 heterocycles. The summed E-state index contributed by atoms with van der Waals surface area (Å²) < 4.78 is 29.7. The minimum Gasteiger partial charge on any atom is -0.462 e. The highest BCUT2D eigenvalue weighted by molar-refractivity contribution is 5.76. The van der Waals surface area contributed by atoms with Crippen LogP contribution in [0.4, 0.5) is 0 Å². The third-order valence-electron chi connectivity index (χ3n) is 6.03. The molecule has 0 saturated carbocycles. The van der Waals surface area contributed by atoms with Crippen molar-refractivity contribution in [3.63, 3.8) is 0 Å². The number of rotatable bonds is 9. The van der Waals surface area contributed by atoms with Gasteiger partial charge in [-0.25, -0.2) is 0 Å². The number of esters is 2. The fourth-order valence-corrected chi connectivity index (χ4v) is 3.75.